The predicted octanol–water partition coefficient (Wildman–Crippen LogP) is 0.800. The molecule has 0 rings (SSSR count). The van der Waals surface area contributed by atoms with Gasteiger partial charge in [0.25, 0.3) is 0 Å². The van der Waals surface area contributed by atoms with Crippen molar-refractivity contribution in [2.75, 3.05) is 6.61 Å². The van der Waals surface area contributed by atoms with Gasteiger partial charge in [-0.05, 0) is 0 Å². The fourth-order valence-electron chi connectivity index (χ4n) is 0.680. The molecule has 0 heterocycles. The Hall–Kier alpha value is 0.105. The minimum atomic E-state index is -1.01. The van der Waals surface area contributed by atoms with Gasteiger partial charge in [0.15, 0.2) is 0 Å². The third kappa shape index (κ3) is 6.21. The molecule has 2 N–H and O–H groups in total. The normalized spacial score (nSPS) is 14.8. The summed E-state index contributed by atoms with van der Waals surface area (Å²) in [7, 11) is 3.22. The van der Waals surface area contributed by atoms with Gasteiger partial charge in [-0.15, -0.1) is 0 Å². The van der Waals surface area contributed by atoms with Crippen molar-refractivity contribution in [1.82, 2.24) is 0 Å². The molecule has 74 valence electrons. The van der Waals surface area contributed by atoms with E-state index in [2.05, 4.69) is 14.5 Å². The van der Waals surface area contributed by atoms with Crippen molar-refractivity contribution in [3.8, 4) is 0 Å². The van der Waals surface area contributed by atoms with Crippen LogP contribution in [0.5, 0.6) is 0 Å². The summed E-state index contributed by atoms with van der Waals surface area (Å²) in [6.07, 6.45) is -0.595. The number of aliphatic carboxylic acids is 1. The van der Waals surface area contributed by atoms with E-state index in [1.165, 1.54) is 6.92 Å². The number of rotatable bonds is 5. The van der Waals surface area contributed by atoms with Crippen LogP contribution >= 0.6 is 17.4 Å². The summed E-state index contributed by atoms with van der Waals surface area (Å²) in [6.45, 7) is 5.22. The van der Waals surface area contributed by atoms with Gasteiger partial charge in [0.05, 0.1) is 0 Å². The monoisotopic (exact) mass is 222 g/mol. The molecule has 0 saturated heterocycles. The number of carbonyl (C=O) groups is 1. The zero-order chi connectivity index (χ0) is 10.4. The second-order valence-corrected chi connectivity index (χ2v) is 4.73. The molecule has 0 radical (unpaired) electrons. The van der Waals surface area contributed by atoms with Crippen LogP contribution in [0.25, 0.3) is 0 Å². The zero-order valence-electron chi connectivity index (χ0n) is 7.34. The van der Waals surface area contributed by atoms with Crippen molar-refractivity contribution in [3.05, 3.63) is 0 Å². The topological polar surface area (TPSA) is 66.8 Å². The van der Waals surface area contributed by atoms with Gasteiger partial charge in [0.1, 0.15) is 0 Å². The first-order valence-corrected chi connectivity index (χ1v) is 6.09. The van der Waals surface area contributed by atoms with Gasteiger partial charge in [-0.25, -0.2) is 0 Å². The second kappa shape index (κ2) is 6.54. The van der Waals surface area contributed by atoms with Crippen molar-refractivity contribution >= 4 is 30.1 Å². The van der Waals surface area contributed by atoms with Gasteiger partial charge in [-0.2, -0.15) is 0 Å². The molecule has 0 unspecified atom stereocenters. The number of carboxylic acid groups (broad SMARTS) is 1. The first kappa shape index (κ1) is 13.1. The fourth-order valence-corrected chi connectivity index (χ4v) is 1.19. The van der Waals surface area contributed by atoms with E-state index in [1.807, 2.05) is 0 Å². The first-order valence-electron chi connectivity index (χ1n) is 3.72. The maximum absolute atomic E-state index is 10.4. The fraction of sp³-hybridized carbons (Fsp3) is 0.833. The van der Waals surface area contributed by atoms with Crippen LogP contribution in [0.1, 0.15) is 13.3 Å². The molecule has 0 aliphatic rings. The van der Waals surface area contributed by atoms with Crippen molar-refractivity contribution in [1.29, 1.82) is 0 Å². The van der Waals surface area contributed by atoms with Crippen LogP contribution in [0.2, 0.25) is 0 Å². The Morgan fingerprint density at radius 3 is 2.69 bits per heavy atom. The van der Waals surface area contributed by atoms with Crippen LogP contribution in [0.3, 0.4) is 0 Å². The van der Waals surface area contributed by atoms with Crippen LogP contribution < -0.4 is 0 Å². The molecule has 0 aromatic carbocycles. The van der Waals surface area contributed by atoms with E-state index in [9.17, 15) is 9.90 Å². The van der Waals surface area contributed by atoms with Gasteiger partial charge >= 0.3 is 81.2 Å². The van der Waals surface area contributed by atoms with Crippen LogP contribution in [0.15, 0.2) is 0 Å². The average molecular weight is 222 g/mol. The molecule has 0 aromatic heterocycles. The quantitative estimate of drug-likeness (QED) is 0.533. The number of carboxylic acids is 1. The van der Waals surface area contributed by atoms with Gasteiger partial charge in [0.2, 0.25) is 0 Å². The second-order valence-electron chi connectivity index (χ2n) is 2.63. The van der Waals surface area contributed by atoms with Crippen molar-refractivity contribution in [2.24, 2.45) is 5.92 Å². The third-order valence-electron chi connectivity index (χ3n) is 1.60. The Morgan fingerprint density at radius 2 is 2.31 bits per heavy atom. The van der Waals surface area contributed by atoms with E-state index < -0.39 is 27.6 Å². The van der Waals surface area contributed by atoms with E-state index >= 15 is 0 Å². The van der Waals surface area contributed by atoms with Crippen molar-refractivity contribution < 1.29 is 19.2 Å². The number of hydrogen-bond donors (Lipinski definition) is 2. The molecule has 0 amide bonds. The van der Waals surface area contributed by atoms with Crippen LogP contribution in [-0.4, -0.2) is 35.6 Å². The molecule has 0 aliphatic carbocycles. The summed E-state index contributed by atoms with van der Waals surface area (Å²) in [4.78, 5) is 10.4. The zero-order valence-corrected chi connectivity index (χ0v) is 9.05. The van der Waals surface area contributed by atoms with E-state index in [-0.39, 0.29) is 13.0 Å². The molecule has 0 spiro atoms. The molecule has 0 bridgehead atoms. The summed E-state index contributed by atoms with van der Waals surface area (Å²) in [5.41, 5.74) is 0. The maximum atomic E-state index is 10.4. The molecule has 0 aromatic rings. The van der Waals surface area contributed by atoms with Gasteiger partial charge < -0.3 is 0 Å². The summed E-state index contributed by atoms with van der Waals surface area (Å²) in [6, 6.07) is 0. The standard InChI is InChI=1S/C6H12BO4PS/c1-4(6(9)10)5(8)2-3-11-13(7)12/h4-5,7-8H,2-3H2,1H3,(H,9,10)/t4-,5+/m0/s1. The Morgan fingerprint density at radius 1 is 1.77 bits per heavy atom. The molecule has 0 fully saturated rings. The summed E-state index contributed by atoms with van der Waals surface area (Å²) >= 11 is 0. The molecule has 13 heavy (non-hydrogen) atoms. The summed E-state index contributed by atoms with van der Waals surface area (Å²) in [5.74, 6) is -1.78. The Labute approximate surface area is 81.8 Å². The molecular formula is C6H12BO4PS. The summed E-state index contributed by atoms with van der Waals surface area (Å²) in [5, 5.41) is 17.8. The SMILES string of the molecule is B=S(#P)OCC[C@@H](O)[C@H](C)C(=O)O. The first-order chi connectivity index (χ1) is 5.95. The summed E-state index contributed by atoms with van der Waals surface area (Å²) < 4.78 is 4.97. The van der Waals surface area contributed by atoms with E-state index in [1.54, 1.807) is 0 Å². The van der Waals surface area contributed by atoms with Gasteiger partial charge in [0, 0.05) is 0 Å². The Balaban J connectivity index is 3.76. The molecule has 4 nitrogen and oxygen atoms in total. The van der Waals surface area contributed by atoms with Crippen LogP contribution in [-0.2, 0) is 8.98 Å². The average Bonchev–Trinajstić information content (AvgIpc) is 2.02. The van der Waals surface area contributed by atoms with E-state index in [4.69, 9.17) is 9.29 Å². The van der Waals surface area contributed by atoms with Crippen LogP contribution in [0.4, 0.5) is 0 Å². The Bertz CT molecular complexity index is 288. The third-order valence-corrected chi connectivity index (χ3v) is 2.35. The molecule has 7 heteroatoms. The van der Waals surface area contributed by atoms with Crippen LogP contribution in [0, 0.1) is 5.92 Å². The van der Waals surface area contributed by atoms with E-state index in [0.717, 1.165) is 0 Å². The van der Waals surface area contributed by atoms with E-state index in [0.29, 0.717) is 0 Å². The van der Waals surface area contributed by atoms with Crippen molar-refractivity contribution in [3.63, 3.8) is 0 Å². The molecular weight excluding hydrogens is 210 g/mol. The number of aliphatic hydroxyl groups excluding tert-OH is 1. The molecule has 0 aliphatic heterocycles. The molecule has 2 atom stereocenters. The van der Waals surface area contributed by atoms with Gasteiger partial charge in [-0.3, -0.25) is 0 Å². The predicted molar refractivity (Wildman–Crippen MR) is 55.0 cm³/mol. The number of aliphatic hydroxyl groups is 1. The Kier molecular flexibility index (Phi) is 6.60. The van der Waals surface area contributed by atoms with Crippen molar-refractivity contribution in [2.45, 2.75) is 19.4 Å². The number of hydrogen-bond acceptors (Lipinski definition) is 3. The minimum absolute atomic E-state index is 0.273. The molecule has 0 saturated carbocycles. The van der Waals surface area contributed by atoms with Gasteiger partial charge in [-0.1, -0.05) is 0 Å².